The van der Waals surface area contributed by atoms with Gasteiger partial charge >= 0.3 is 0 Å². The highest BCUT2D eigenvalue weighted by Gasteiger charge is 2.17. The molecular weight excluding hydrogens is 282 g/mol. The van der Waals surface area contributed by atoms with Gasteiger partial charge in [-0.1, -0.05) is 0 Å². The summed E-state index contributed by atoms with van der Waals surface area (Å²) in [6.45, 7) is 1.88. The Labute approximate surface area is 128 Å². The van der Waals surface area contributed by atoms with Crippen LogP contribution in [0.2, 0.25) is 0 Å². The van der Waals surface area contributed by atoms with E-state index in [1.807, 2.05) is 18.2 Å². The highest BCUT2D eigenvalue weighted by molar-refractivity contribution is 5.93. The van der Waals surface area contributed by atoms with Gasteiger partial charge in [0.2, 0.25) is 0 Å². The summed E-state index contributed by atoms with van der Waals surface area (Å²) in [5.74, 6) is 0.651. The van der Waals surface area contributed by atoms with E-state index in [0.29, 0.717) is 18.8 Å². The highest BCUT2D eigenvalue weighted by Crippen LogP contribution is 2.12. The zero-order chi connectivity index (χ0) is 15.2. The van der Waals surface area contributed by atoms with Crippen molar-refractivity contribution >= 4 is 11.6 Å². The van der Waals surface area contributed by atoms with Crippen LogP contribution in [0.1, 0.15) is 29.1 Å². The molecule has 2 aromatic rings. The van der Waals surface area contributed by atoms with Crippen molar-refractivity contribution < 1.29 is 13.9 Å². The molecule has 1 atom stereocenters. The van der Waals surface area contributed by atoms with Gasteiger partial charge in [0.25, 0.3) is 5.91 Å². The Morgan fingerprint density at radius 1 is 1.41 bits per heavy atom. The molecule has 0 saturated carbocycles. The number of furan rings is 1. The summed E-state index contributed by atoms with van der Waals surface area (Å²) in [6, 6.07) is 7.28. The van der Waals surface area contributed by atoms with Gasteiger partial charge in [0.05, 0.1) is 18.9 Å². The second kappa shape index (κ2) is 7.09. The number of nitrogens with one attached hydrogen (secondary N) is 2. The Hall–Kier alpha value is -2.34. The lowest BCUT2D eigenvalue weighted by Crippen LogP contribution is -2.32. The summed E-state index contributed by atoms with van der Waals surface area (Å²) in [5.41, 5.74) is 1.22. The van der Waals surface area contributed by atoms with Crippen molar-refractivity contribution in [2.75, 3.05) is 18.5 Å². The van der Waals surface area contributed by atoms with Crippen LogP contribution in [0.5, 0.6) is 0 Å². The Morgan fingerprint density at radius 2 is 2.36 bits per heavy atom. The van der Waals surface area contributed by atoms with Crippen molar-refractivity contribution in [3.63, 3.8) is 0 Å². The van der Waals surface area contributed by atoms with Crippen LogP contribution in [0.3, 0.4) is 0 Å². The average Bonchev–Trinajstić information content (AvgIpc) is 3.24. The molecule has 6 nitrogen and oxygen atoms in total. The van der Waals surface area contributed by atoms with Crippen LogP contribution in [0.25, 0.3) is 0 Å². The van der Waals surface area contributed by atoms with Crippen LogP contribution in [-0.4, -0.2) is 30.1 Å². The topological polar surface area (TPSA) is 76.4 Å². The molecule has 22 heavy (non-hydrogen) atoms. The summed E-state index contributed by atoms with van der Waals surface area (Å²) < 4.78 is 10.7. The van der Waals surface area contributed by atoms with E-state index in [4.69, 9.17) is 9.15 Å². The van der Waals surface area contributed by atoms with E-state index in [-0.39, 0.29) is 12.0 Å². The molecule has 1 fully saturated rings. The fraction of sp³-hybridized carbons (Fsp3) is 0.375. The van der Waals surface area contributed by atoms with E-state index in [9.17, 15) is 4.79 Å². The van der Waals surface area contributed by atoms with E-state index in [0.717, 1.165) is 30.9 Å². The van der Waals surface area contributed by atoms with Crippen LogP contribution in [0.15, 0.2) is 41.1 Å². The van der Waals surface area contributed by atoms with E-state index < -0.39 is 0 Å². The maximum atomic E-state index is 12.1. The number of carbonyl (C=O) groups is 1. The first-order valence-corrected chi connectivity index (χ1v) is 7.43. The Kier molecular flexibility index (Phi) is 4.70. The lowest BCUT2D eigenvalue weighted by atomic mass is 10.2. The molecule has 3 rings (SSSR count). The molecule has 0 aliphatic carbocycles. The number of aromatic nitrogens is 1. The number of carbonyl (C=O) groups excluding carboxylic acids is 1. The quantitative estimate of drug-likeness (QED) is 0.855. The molecule has 6 heteroatoms. The zero-order valence-corrected chi connectivity index (χ0v) is 12.2. The van der Waals surface area contributed by atoms with Crippen molar-refractivity contribution in [1.29, 1.82) is 0 Å². The molecule has 0 bridgehead atoms. The third-order valence-corrected chi connectivity index (χ3v) is 3.55. The van der Waals surface area contributed by atoms with Crippen molar-refractivity contribution in [2.24, 2.45) is 0 Å². The predicted octanol–water partition coefficient (Wildman–Crippen LogP) is 2.20. The monoisotopic (exact) mass is 301 g/mol. The average molecular weight is 301 g/mol. The summed E-state index contributed by atoms with van der Waals surface area (Å²) in [5, 5.41) is 6.07. The van der Waals surface area contributed by atoms with Crippen molar-refractivity contribution in [1.82, 2.24) is 10.3 Å². The predicted molar refractivity (Wildman–Crippen MR) is 81.6 cm³/mol. The third kappa shape index (κ3) is 3.85. The molecule has 2 N–H and O–H groups in total. The van der Waals surface area contributed by atoms with Crippen LogP contribution < -0.4 is 10.6 Å². The molecule has 1 saturated heterocycles. The fourth-order valence-electron chi connectivity index (χ4n) is 2.37. The van der Waals surface area contributed by atoms with Gasteiger partial charge < -0.3 is 19.8 Å². The molecule has 1 aliphatic rings. The number of anilines is 1. The Morgan fingerprint density at radius 3 is 3.14 bits per heavy atom. The zero-order valence-electron chi connectivity index (χ0n) is 12.2. The standard InChI is InChI=1S/C16H19N3O3/c20-16(19-11-14-4-2-8-22-14)15-9-12(5-6-17-15)18-10-13-3-1-7-21-13/h1,3,5-7,9,14H,2,4,8,10-11H2,(H,17,18)(H,19,20). The van der Waals surface area contributed by atoms with Gasteiger partial charge in [0.15, 0.2) is 0 Å². The number of hydrogen-bond acceptors (Lipinski definition) is 5. The van der Waals surface area contributed by atoms with Crippen LogP contribution >= 0.6 is 0 Å². The van der Waals surface area contributed by atoms with Crippen LogP contribution in [-0.2, 0) is 11.3 Å². The van der Waals surface area contributed by atoms with Crippen molar-refractivity contribution in [2.45, 2.75) is 25.5 Å². The summed E-state index contributed by atoms with van der Waals surface area (Å²) in [4.78, 5) is 16.2. The van der Waals surface area contributed by atoms with E-state index in [1.165, 1.54) is 0 Å². The van der Waals surface area contributed by atoms with E-state index >= 15 is 0 Å². The van der Waals surface area contributed by atoms with Crippen molar-refractivity contribution in [3.05, 3.63) is 48.2 Å². The molecule has 116 valence electrons. The van der Waals surface area contributed by atoms with Crippen LogP contribution in [0.4, 0.5) is 5.69 Å². The van der Waals surface area contributed by atoms with Crippen LogP contribution in [0, 0.1) is 0 Å². The molecule has 2 aromatic heterocycles. The number of hydrogen-bond donors (Lipinski definition) is 2. The molecule has 1 unspecified atom stereocenters. The summed E-state index contributed by atoms with van der Waals surface area (Å²) >= 11 is 0. The first-order chi connectivity index (χ1) is 10.8. The fourth-order valence-corrected chi connectivity index (χ4v) is 2.37. The minimum absolute atomic E-state index is 0.129. The summed E-state index contributed by atoms with van der Waals surface area (Å²) in [6.07, 6.45) is 5.44. The van der Waals surface area contributed by atoms with E-state index in [1.54, 1.807) is 18.5 Å². The number of pyridine rings is 1. The molecule has 0 spiro atoms. The minimum Gasteiger partial charge on any atom is -0.467 e. The van der Waals surface area contributed by atoms with Gasteiger partial charge in [-0.3, -0.25) is 9.78 Å². The molecule has 1 aliphatic heterocycles. The SMILES string of the molecule is O=C(NCC1CCCO1)c1cc(NCc2ccco2)ccn1. The number of ether oxygens (including phenoxy) is 1. The lowest BCUT2D eigenvalue weighted by molar-refractivity contribution is 0.0854. The molecule has 1 amide bonds. The highest BCUT2D eigenvalue weighted by atomic mass is 16.5. The minimum atomic E-state index is -0.183. The van der Waals surface area contributed by atoms with Gasteiger partial charge in [-0.2, -0.15) is 0 Å². The third-order valence-electron chi connectivity index (χ3n) is 3.55. The number of rotatable bonds is 6. The smallest absolute Gasteiger partial charge is 0.270 e. The first kappa shape index (κ1) is 14.6. The largest absolute Gasteiger partial charge is 0.467 e. The first-order valence-electron chi connectivity index (χ1n) is 7.43. The Balaban J connectivity index is 1.54. The molecular formula is C16H19N3O3. The second-order valence-corrected chi connectivity index (χ2v) is 5.21. The maximum absolute atomic E-state index is 12.1. The van der Waals surface area contributed by atoms with Gasteiger partial charge in [-0.25, -0.2) is 0 Å². The summed E-state index contributed by atoms with van der Waals surface area (Å²) in [7, 11) is 0. The molecule has 0 radical (unpaired) electrons. The van der Waals surface area contributed by atoms with Gasteiger partial charge in [0, 0.05) is 25.0 Å². The second-order valence-electron chi connectivity index (χ2n) is 5.21. The normalized spacial score (nSPS) is 17.4. The Bertz CT molecular complexity index is 607. The number of nitrogens with zero attached hydrogens (tertiary/aromatic N) is 1. The van der Waals surface area contributed by atoms with Gasteiger partial charge in [-0.05, 0) is 37.1 Å². The van der Waals surface area contributed by atoms with Gasteiger partial charge in [0.1, 0.15) is 11.5 Å². The van der Waals surface area contributed by atoms with Crippen molar-refractivity contribution in [3.8, 4) is 0 Å². The lowest BCUT2D eigenvalue weighted by Gasteiger charge is -2.11. The molecule has 0 aromatic carbocycles. The maximum Gasteiger partial charge on any atom is 0.270 e. The van der Waals surface area contributed by atoms with E-state index in [2.05, 4.69) is 15.6 Å². The van der Waals surface area contributed by atoms with Gasteiger partial charge in [-0.15, -0.1) is 0 Å². The molecule has 3 heterocycles. The number of amides is 1.